The summed E-state index contributed by atoms with van der Waals surface area (Å²) in [5.41, 5.74) is -4.99. The standard InChI is InChI=1S/C20H11ClF6N6O2/c1-31-17(34)15(30-32(18(31)35)12-4-2-3-10(7-12)19(22,23)24)14-5-6-29-33(14)16-13(21)8-11(9-28-16)20(25,26)27/h2-9H,1H3. The second-order valence-corrected chi connectivity index (χ2v) is 7.52. The van der Waals surface area contributed by atoms with Crippen LogP contribution in [0.5, 0.6) is 0 Å². The van der Waals surface area contributed by atoms with Crippen molar-refractivity contribution in [1.29, 1.82) is 0 Å². The maximum absolute atomic E-state index is 13.1. The molecule has 35 heavy (non-hydrogen) atoms. The Bertz CT molecular complexity index is 1550. The number of halogens is 7. The van der Waals surface area contributed by atoms with Crippen LogP contribution in [0.3, 0.4) is 0 Å². The predicted octanol–water partition coefficient (Wildman–Crippen LogP) is 3.87. The summed E-state index contributed by atoms with van der Waals surface area (Å²) in [6.07, 6.45) is -7.72. The van der Waals surface area contributed by atoms with Gasteiger partial charge in [-0.25, -0.2) is 14.5 Å². The smallest absolute Gasteiger partial charge is 0.267 e. The average molecular weight is 517 g/mol. The molecule has 0 aliphatic rings. The van der Waals surface area contributed by atoms with Gasteiger partial charge in [0.15, 0.2) is 11.5 Å². The molecule has 0 amide bonds. The van der Waals surface area contributed by atoms with Crippen LogP contribution in [-0.2, 0) is 19.4 Å². The third-order valence-corrected chi connectivity index (χ3v) is 5.11. The SMILES string of the molecule is Cn1c(=O)c(-c2ccnn2-c2ncc(C(F)(F)F)cc2Cl)nn(-c2cccc(C(F)(F)F)c2)c1=O. The molecule has 0 N–H and O–H groups in total. The fraction of sp³-hybridized carbons (Fsp3) is 0.150. The van der Waals surface area contributed by atoms with Crippen molar-refractivity contribution in [3.05, 3.63) is 85.8 Å². The van der Waals surface area contributed by atoms with Crippen LogP contribution in [0, 0.1) is 0 Å². The zero-order valence-corrected chi connectivity index (χ0v) is 18.0. The molecule has 15 heteroatoms. The predicted molar refractivity (Wildman–Crippen MR) is 110 cm³/mol. The summed E-state index contributed by atoms with van der Waals surface area (Å²) in [4.78, 5) is 29.1. The van der Waals surface area contributed by atoms with E-state index in [9.17, 15) is 35.9 Å². The molecule has 182 valence electrons. The zero-order chi connectivity index (χ0) is 25.7. The van der Waals surface area contributed by atoms with Gasteiger partial charge in [-0.2, -0.15) is 41.2 Å². The van der Waals surface area contributed by atoms with Gasteiger partial charge in [-0.15, -0.1) is 0 Å². The van der Waals surface area contributed by atoms with E-state index in [1.807, 2.05) is 0 Å². The highest BCUT2D eigenvalue weighted by Crippen LogP contribution is 2.33. The second kappa shape index (κ2) is 8.37. The van der Waals surface area contributed by atoms with Gasteiger partial charge < -0.3 is 0 Å². The molecule has 0 atom stereocenters. The molecular weight excluding hydrogens is 506 g/mol. The summed E-state index contributed by atoms with van der Waals surface area (Å²) in [6.45, 7) is 0. The molecule has 0 fully saturated rings. The van der Waals surface area contributed by atoms with E-state index in [-0.39, 0.29) is 17.2 Å². The summed E-state index contributed by atoms with van der Waals surface area (Å²) < 4.78 is 80.4. The first-order valence-electron chi connectivity index (χ1n) is 9.44. The lowest BCUT2D eigenvalue weighted by molar-refractivity contribution is -0.138. The summed E-state index contributed by atoms with van der Waals surface area (Å²) in [6, 6.07) is 5.58. The van der Waals surface area contributed by atoms with Crippen LogP contribution < -0.4 is 11.2 Å². The molecule has 0 bridgehead atoms. The van der Waals surface area contributed by atoms with Gasteiger partial charge >= 0.3 is 18.0 Å². The Morgan fingerprint density at radius 2 is 1.60 bits per heavy atom. The zero-order valence-electron chi connectivity index (χ0n) is 17.3. The topological polar surface area (TPSA) is 87.6 Å². The van der Waals surface area contributed by atoms with Crippen LogP contribution in [0.2, 0.25) is 5.02 Å². The number of hydrogen-bond donors (Lipinski definition) is 0. The molecule has 3 heterocycles. The van der Waals surface area contributed by atoms with Crippen LogP contribution >= 0.6 is 11.6 Å². The monoisotopic (exact) mass is 516 g/mol. The van der Waals surface area contributed by atoms with E-state index in [1.54, 1.807) is 0 Å². The lowest BCUT2D eigenvalue weighted by Gasteiger charge is -2.13. The van der Waals surface area contributed by atoms with Crippen molar-refractivity contribution >= 4 is 11.6 Å². The second-order valence-electron chi connectivity index (χ2n) is 7.11. The first-order chi connectivity index (χ1) is 16.3. The van der Waals surface area contributed by atoms with Gasteiger partial charge in [-0.05, 0) is 30.3 Å². The Balaban J connectivity index is 1.91. The largest absolute Gasteiger partial charge is 0.417 e. The fourth-order valence-electron chi connectivity index (χ4n) is 3.11. The lowest BCUT2D eigenvalue weighted by Crippen LogP contribution is -2.40. The van der Waals surface area contributed by atoms with Crippen LogP contribution in [0.4, 0.5) is 26.3 Å². The Morgan fingerprint density at radius 3 is 2.23 bits per heavy atom. The van der Waals surface area contributed by atoms with E-state index in [2.05, 4.69) is 15.2 Å². The van der Waals surface area contributed by atoms with Crippen LogP contribution in [0.15, 0.2) is 58.4 Å². The van der Waals surface area contributed by atoms with Crippen molar-refractivity contribution in [2.45, 2.75) is 12.4 Å². The van der Waals surface area contributed by atoms with Crippen molar-refractivity contribution in [3.63, 3.8) is 0 Å². The quantitative estimate of drug-likeness (QED) is 0.386. The van der Waals surface area contributed by atoms with Crippen molar-refractivity contribution in [3.8, 4) is 22.9 Å². The van der Waals surface area contributed by atoms with E-state index in [4.69, 9.17) is 11.6 Å². The van der Waals surface area contributed by atoms with E-state index < -0.39 is 45.4 Å². The molecule has 4 rings (SSSR count). The maximum atomic E-state index is 13.1. The molecule has 8 nitrogen and oxygen atoms in total. The van der Waals surface area contributed by atoms with Crippen molar-refractivity contribution in [2.75, 3.05) is 0 Å². The number of nitrogens with zero attached hydrogens (tertiary/aromatic N) is 6. The van der Waals surface area contributed by atoms with Crippen molar-refractivity contribution in [1.82, 2.24) is 29.1 Å². The third-order valence-electron chi connectivity index (χ3n) is 4.83. The van der Waals surface area contributed by atoms with Gasteiger partial charge in [-0.3, -0.25) is 9.36 Å². The van der Waals surface area contributed by atoms with Crippen LogP contribution in [0.1, 0.15) is 11.1 Å². The van der Waals surface area contributed by atoms with Gasteiger partial charge in [0.25, 0.3) is 5.56 Å². The number of aromatic nitrogens is 6. The highest BCUT2D eigenvalue weighted by Gasteiger charge is 2.33. The van der Waals surface area contributed by atoms with Crippen LogP contribution in [0.25, 0.3) is 22.9 Å². The Morgan fingerprint density at radius 1 is 0.914 bits per heavy atom. The number of rotatable bonds is 3. The van der Waals surface area contributed by atoms with Gasteiger partial charge in [-0.1, -0.05) is 17.7 Å². The molecule has 0 unspecified atom stereocenters. The molecule has 1 aromatic carbocycles. The first kappa shape index (κ1) is 24.2. The Labute approximate surface area is 195 Å². The normalized spacial score (nSPS) is 12.2. The highest BCUT2D eigenvalue weighted by atomic mass is 35.5. The maximum Gasteiger partial charge on any atom is 0.417 e. The minimum atomic E-state index is -4.71. The minimum absolute atomic E-state index is 0.125. The fourth-order valence-corrected chi connectivity index (χ4v) is 3.36. The number of pyridine rings is 1. The average Bonchev–Trinajstić information content (AvgIpc) is 3.26. The Hall–Kier alpha value is -3.94. The molecule has 3 aromatic heterocycles. The number of benzene rings is 1. The summed E-state index contributed by atoms with van der Waals surface area (Å²) in [5, 5.41) is 7.40. The summed E-state index contributed by atoms with van der Waals surface area (Å²) in [5.74, 6) is -0.277. The molecule has 0 saturated heterocycles. The van der Waals surface area contributed by atoms with Crippen LogP contribution in [-0.4, -0.2) is 29.1 Å². The molecule has 0 radical (unpaired) electrons. The molecular formula is C20H11ClF6N6O2. The van der Waals surface area contributed by atoms with E-state index in [0.29, 0.717) is 27.6 Å². The van der Waals surface area contributed by atoms with E-state index in [0.717, 1.165) is 23.9 Å². The van der Waals surface area contributed by atoms with Crippen molar-refractivity contribution < 1.29 is 26.3 Å². The van der Waals surface area contributed by atoms with Gasteiger partial charge in [0.05, 0.1) is 28.0 Å². The Kier molecular flexibility index (Phi) is 5.79. The summed E-state index contributed by atoms with van der Waals surface area (Å²) >= 11 is 5.98. The third kappa shape index (κ3) is 4.43. The summed E-state index contributed by atoms with van der Waals surface area (Å²) in [7, 11) is 1.09. The number of alkyl halides is 6. The molecule has 4 aromatic rings. The van der Waals surface area contributed by atoms with Gasteiger partial charge in [0.1, 0.15) is 5.69 Å². The lowest BCUT2D eigenvalue weighted by atomic mass is 10.2. The number of hydrogen-bond acceptors (Lipinski definition) is 5. The van der Waals surface area contributed by atoms with Gasteiger partial charge in [0.2, 0.25) is 0 Å². The first-order valence-corrected chi connectivity index (χ1v) is 9.82. The molecule has 0 saturated carbocycles. The van der Waals surface area contributed by atoms with Crippen molar-refractivity contribution in [2.24, 2.45) is 7.05 Å². The molecule has 0 aliphatic carbocycles. The van der Waals surface area contributed by atoms with E-state index in [1.165, 1.54) is 18.3 Å². The van der Waals surface area contributed by atoms with Gasteiger partial charge in [0, 0.05) is 13.2 Å². The molecule has 0 spiro atoms. The highest BCUT2D eigenvalue weighted by molar-refractivity contribution is 6.32. The van der Waals surface area contributed by atoms with E-state index >= 15 is 0 Å². The molecule has 0 aliphatic heterocycles. The minimum Gasteiger partial charge on any atom is -0.267 e.